The quantitative estimate of drug-likeness (QED) is 0.151. The first-order valence-corrected chi connectivity index (χ1v) is 12.2. The van der Waals surface area contributed by atoms with Crippen LogP contribution in [0.4, 0.5) is 27.0 Å². The molecule has 0 radical (unpaired) electrons. The molecule has 0 bridgehead atoms. The van der Waals surface area contributed by atoms with E-state index in [1.165, 1.54) is 35.2 Å². The van der Waals surface area contributed by atoms with E-state index < -0.39 is 4.92 Å². The van der Waals surface area contributed by atoms with Crippen molar-refractivity contribution in [3.63, 3.8) is 0 Å². The van der Waals surface area contributed by atoms with Gasteiger partial charge in [0.05, 0.1) is 16.4 Å². The van der Waals surface area contributed by atoms with E-state index in [1.807, 2.05) is 30.3 Å². The highest BCUT2D eigenvalue weighted by Crippen LogP contribution is 2.28. The second-order valence-corrected chi connectivity index (χ2v) is 9.06. The summed E-state index contributed by atoms with van der Waals surface area (Å²) in [5, 5.41) is 21.4. The van der Waals surface area contributed by atoms with Crippen LogP contribution in [0.3, 0.4) is 0 Å². The van der Waals surface area contributed by atoms with Crippen LogP contribution < -0.4 is 16.0 Å². The minimum atomic E-state index is -0.460. The van der Waals surface area contributed by atoms with Gasteiger partial charge in [-0.05, 0) is 36.4 Å². The Balaban J connectivity index is 1.26. The summed E-state index contributed by atoms with van der Waals surface area (Å²) in [6.45, 7) is 0. The van der Waals surface area contributed by atoms with Gasteiger partial charge in [-0.15, -0.1) is 23.1 Å². The van der Waals surface area contributed by atoms with Gasteiger partial charge in [-0.2, -0.15) is 0 Å². The molecule has 0 atom stereocenters. The number of thioether (sulfide) groups is 1. The molecule has 4 aromatic rings. The van der Waals surface area contributed by atoms with Gasteiger partial charge in [0.2, 0.25) is 5.91 Å². The molecule has 0 aliphatic carbocycles. The minimum absolute atomic E-state index is 0.0180. The van der Waals surface area contributed by atoms with E-state index in [2.05, 4.69) is 20.9 Å². The number of non-ortho nitro benzene ring substituents is 1. The molecule has 0 aliphatic heterocycles. The van der Waals surface area contributed by atoms with Crippen molar-refractivity contribution in [1.82, 2.24) is 4.98 Å². The first-order valence-electron chi connectivity index (χ1n) is 10.3. The number of hydrogen-bond donors (Lipinski definition) is 3. The Bertz CT molecular complexity index is 1340. The van der Waals surface area contributed by atoms with Crippen LogP contribution in [0, 0.1) is 10.1 Å². The Morgan fingerprint density at radius 1 is 0.914 bits per heavy atom. The van der Waals surface area contributed by atoms with Crippen molar-refractivity contribution in [2.75, 3.05) is 21.7 Å². The second-order valence-electron chi connectivity index (χ2n) is 7.15. The van der Waals surface area contributed by atoms with Crippen molar-refractivity contribution in [3.8, 4) is 11.3 Å². The number of carbonyl (C=O) groups excluding carboxylic acids is 2. The predicted molar refractivity (Wildman–Crippen MR) is 139 cm³/mol. The second kappa shape index (κ2) is 11.3. The number of nitrogens with one attached hydrogen (secondary N) is 3. The molecule has 1 heterocycles. The number of urea groups is 1. The lowest BCUT2D eigenvalue weighted by Gasteiger charge is -2.08. The van der Waals surface area contributed by atoms with Gasteiger partial charge in [-0.3, -0.25) is 14.9 Å². The average molecular weight is 506 g/mol. The maximum absolute atomic E-state index is 12.3. The zero-order valence-corrected chi connectivity index (χ0v) is 19.8. The Morgan fingerprint density at radius 3 is 2.34 bits per heavy atom. The van der Waals surface area contributed by atoms with Crippen molar-refractivity contribution in [2.24, 2.45) is 0 Å². The molecule has 4 rings (SSSR count). The number of aromatic nitrogens is 1. The van der Waals surface area contributed by atoms with E-state index in [9.17, 15) is 19.7 Å². The number of rotatable bonds is 8. The normalized spacial score (nSPS) is 10.4. The van der Waals surface area contributed by atoms with Gasteiger partial charge >= 0.3 is 6.03 Å². The maximum Gasteiger partial charge on any atom is 0.323 e. The van der Waals surface area contributed by atoms with Crippen LogP contribution in [-0.4, -0.2) is 27.6 Å². The fourth-order valence-corrected chi connectivity index (χ4v) is 4.43. The molecule has 0 spiro atoms. The van der Waals surface area contributed by atoms with E-state index in [0.29, 0.717) is 27.8 Å². The molecule has 0 saturated heterocycles. The predicted octanol–water partition coefficient (Wildman–Crippen LogP) is 6.09. The van der Waals surface area contributed by atoms with E-state index in [-0.39, 0.29) is 23.4 Å². The highest BCUT2D eigenvalue weighted by atomic mass is 32.2. The van der Waals surface area contributed by atoms with Crippen LogP contribution >= 0.6 is 23.1 Å². The third-order valence-electron chi connectivity index (χ3n) is 4.62. The molecule has 3 aromatic carbocycles. The minimum Gasteiger partial charge on any atom is -0.308 e. The van der Waals surface area contributed by atoms with Crippen molar-refractivity contribution in [2.45, 2.75) is 4.90 Å². The molecule has 0 unspecified atom stereocenters. The summed E-state index contributed by atoms with van der Waals surface area (Å²) in [6.07, 6.45) is 0. The molecule has 0 saturated carbocycles. The van der Waals surface area contributed by atoms with E-state index >= 15 is 0 Å². The summed E-state index contributed by atoms with van der Waals surface area (Å²) in [4.78, 5) is 40.1. The number of carbonyl (C=O) groups is 2. The Morgan fingerprint density at radius 2 is 1.63 bits per heavy atom. The van der Waals surface area contributed by atoms with Gasteiger partial charge in [0.1, 0.15) is 0 Å². The molecule has 9 nitrogen and oxygen atoms in total. The van der Waals surface area contributed by atoms with E-state index in [0.717, 1.165) is 4.90 Å². The number of nitro groups is 1. The lowest BCUT2D eigenvalue weighted by Crippen LogP contribution is -2.19. The molecule has 0 fully saturated rings. The molecule has 3 N–H and O–H groups in total. The molecular formula is C24H19N5O4S2. The number of thiazole rings is 1. The summed E-state index contributed by atoms with van der Waals surface area (Å²) in [6, 6.07) is 22.1. The first-order chi connectivity index (χ1) is 17.0. The SMILES string of the molecule is O=C(CSc1ccc(NC(=O)Nc2ccccc2)cc1)Nc1nc(-c2cccc([N+](=O)[O-])c2)cs1. The number of para-hydroxylation sites is 1. The Hall–Kier alpha value is -4.22. The van der Waals surface area contributed by atoms with Gasteiger partial charge in [0, 0.05) is 39.3 Å². The summed E-state index contributed by atoms with van der Waals surface area (Å²) < 4.78 is 0. The number of anilines is 3. The van der Waals surface area contributed by atoms with Crippen LogP contribution in [0.2, 0.25) is 0 Å². The average Bonchev–Trinajstić information content (AvgIpc) is 3.32. The van der Waals surface area contributed by atoms with Crippen LogP contribution in [0.1, 0.15) is 0 Å². The zero-order chi connectivity index (χ0) is 24.6. The first kappa shape index (κ1) is 23.9. The standard InChI is InChI=1S/C24H19N5O4S2/c30-22(28-24-27-21(14-35-24)16-5-4-8-19(13-16)29(32)33)15-34-20-11-9-18(10-12-20)26-23(31)25-17-6-2-1-3-7-17/h1-14H,15H2,(H2,25,26,31)(H,27,28,30). The van der Waals surface area contributed by atoms with Crippen LogP contribution in [0.15, 0.2) is 89.1 Å². The van der Waals surface area contributed by atoms with Crippen LogP contribution in [0.5, 0.6) is 0 Å². The Labute approximate surface area is 208 Å². The van der Waals surface area contributed by atoms with Gasteiger partial charge in [-0.25, -0.2) is 9.78 Å². The van der Waals surface area contributed by atoms with Gasteiger partial charge in [0.15, 0.2) is 5.13 Å². The zero-order valence-electron chi connectivity index (χ0n) is 18.1. The lowest BCUT2D eigenvalue weighted by atomic mass is 10.1. The lowest BCUT2D eigenvalue weighted by molar-refractivity contribution is -0.384. The maximum atomic E-state index is 12.3. The fraction of sp³-hybridized carbons (Fsp3) is 0.0417. The topological polar surface area (TPSA) is 126 Å². The number of hydrogen-bond acceptors (Lipinski definition) is 7. The van der Waals surface area contributed by atoms with Crippen molar-refractivity contribution >= 4 is 57.2 Å². The van der Waals surface area contributed by atoms with Crippen molar-refractivity contribution in [3.05, 3.63) is 94.4 Å². The van der Waals surface area contributed by atoms with Crippen LogP contribution in [0.25, 0.3) is 11.3 Å². The molecule has 35 heavy (non-hydrogen) atoms. The van der Waals surface area contributed by atoms with Crippen molar-refractivity contribution < 1.29 is 14.5 Å². The number of amides is 3. The van der Waals surface area contributed by atoms with E-state index in [4.69, 9.17) is 0 Å². The van der Waals surface area contributed by atoms with Gasteiger partial charge < -0.3 is 16.0 Å². The highest BCUT2D eigenvalue weighted by molar-refractivity contribution is 8.00. The fourth-order valence-electron chi connectivity index (χ4n) is 3.00. The number of nitro benzene ring substituents is 1. The smallest absolute Gasteiger partial charge is 0.308 e. The monoisotopic (exact) mass is 505 g/mol. The molecular weight excluding hydrogens is 486 g/mol. The van der Waals surface area contributed by atoms with E-state index in [1.54, 1.807) is 41.8 Å². The molecule has 1 aromatic heterocycles. The summed E-state index contributed by atoms with van der Waals surface area (Å²) in [7, 11) is 0. The third-order valence-corrected chi connectivity index (χ3v) is 6.39. The molecule has 176 valence electrons. The number of nitrogens with zero attached hydrogens (tertiary/aromatic N) is 2. The molecule has 3 amide bonds. The molecule has 0 aliphatic rings. The summed E-state index contributed by atoms with van der Waals surface area (Å²) >= 11 is 2.60. The largest absolute Gasteiger partial charge is 0.323 e. The summed E-state index contributed by atoms with van der Waals surface area (Å²) in [5.74, 6) is -0.0492. The van der Waals surface area contributed by atoms with Gasteiger partial charge in [-0.1, -0.05) is 30.3 Å². The number of benzene rings is 3. The Kier molecular flexibility index (Phi) is 7.70. The van der Waals surface area contributed by atoms with Gasteiger partial charge in [0.25, 0.3) is 5.69 Å². The van der Waals surface area contributed by atoms with Crippen molar-refractivity contribution in [1.29, 1.82) is 0 Å². The molecule has 11 heteroatoms. The van der Waals surface area contributed by atoms with Crippen LogP contribution in [-0.2, 0) is 4.79 Å². The highest BCUT2D eigenvalue weighted by Gasteiger charge is 2.12. The summed E-state index contributed by atoms with van der Waals surface area (Å²) in [5.41, 5.74) is 2.47. The third kappa shape index (κ3) is 6.88.